The molecule has 0 aliphatic rings. The van der Waals surface area contributed by atoms with Gasteiger partial charge in [0.1, 0.15) is 0 Å². The van der Waals surface area contributed by atoms with Crippen LogP contribution in [-0.4, -0.2) is 29.9 Å². The van der Waals surface area contributed by atoms with E-state index in [0.717, 1.165) is 34.5 Å². The molecule has 4 rings (SSSR count). The Balaban J connectivity index is 0.00000462. The van der Waals surface area contributed by atoms with E-state index in [0.29, 0.717) is 24.3 Å². The second kappa shape index (κ2) is 15.5. The van der Waals surface area contributed by atoms with Gasteiger partial charge in [-0.1, -0.05) is 72.8 Å². The molecule has 1 unspecified atom stereocenters. The number of nitrogens with one attached hydrogen (secondary N) is 1. The van der Waals surface area contributed by atoms with E-state index in [9.17, 15) is 14.7 Å². The van der Waals surface area contributed by atoms with E-state index in [2.05, 4.69) is 59.6 Å². The van der Waals surface area contributed by atoms with Crippen molar-refractivity contribution in [1.29, 1.82) is 0 Å². The number of carboxylic acid groups (broad SMARTS) is 1. The van der Waals surface area contributed by atoms with Crippen LogP contribution in [0.25, 0.3) is 11.1 Å². The molecule has 0 fully saturated rings. The quantitative estimate of drug-likeness (QED) is 0.271. The van der Waals surface area contributed by atoms with E-state index in [1.807, 2.05) is 67.8 Å². The van der Waals surface area contributed by atoms with Crippen LogP contribution in [-0.2, 0) is 17.9 Å². The Morgan fingerprint density at radius 2 is 1.54 bits per heavy atom. The van der Waals surface area contributed by atoms with Gasteiger partial charge in [-0.05, 0) is 89.9 Å². The Bertz CT molecular complexity index is 1460. The first-order valence-electron chi connectivity index (χ1n) is 13.4. The van der Waals surface area contributed by atoms with Crippen molar-refractivity contribution in [2.45, 2.75) is 39.4 Å². The van der Waals surface area contributed by atoms with Gasteiger partial charge >= 0.3 is 18.9 Å². The van der Waals surface area contributed by atoms with Crippen molar-refractivity contribution in [3.05, 3.63) is 125 Å². The Hall–Kier alpha value is -3.43. The summed E-state index contributed by atoms with van der Waals surface area (Å²) in [6, 6.07) is 31.5. The molecule has 0 aromatic heterocycles. The number of thioether (sulfide) groups is 1. The van der Waals surface area contributed by atoms with Crippen LogP contribution < -0.4 is 34.2 Å². The molecular formula is C34H35LiN2O3S. The molecule has 206 valence electrons. The Morgan fingerprint density at radius 3 is 2.22 bits per heavy atom. The molecule has 0 radical (unpaired) electrons. The molecule has 0 saturated carbocycles. The average Bonchev–Trinajstić information content (AvgIpc) is 2.95. The molecule has 7 heteroatoms. The summed E-state index contributed by atoms with van der Waals surface area (Å²) < 4.78 is 0. The van der Waals surface area contributed by atoms with Crippen molar-refractivity contribution in [2.24, 2.45) is 0 Å². The molecule has 0 aliphatic heterocycles. The fraction of sp³-hybridized carbons (Fsp3) is 0.235. The minimum Gasteiger partial charge on any atom is -0.548 e. The largest absolute Gasteiger partial charge is 1.00 e. The molecule has 0 bridgehead atoms. The summed E-state index contributed by atoms with van der Waals surface area (Å²) in [6.07, 6.45) is 2.21. The summed E-state index contributed by atoms with van der Waals surface area (Å²) in [5.74, 6) is -1.08. The van der Waals surface area contributed by atoms with Gasteiger partial charge in [0, 0.05) is 24.3 Å². The zero-order chi connectivity index (χ0) is 28.5. The summed E-state index contributed by atoms with van der Waals surface area (Å²) >= 11 is 1.53. The molecule has 1 amide bonds. The number of benzene rings is 4. The molecule has 0 heterocycles. The molecule has 41 heavy (non-hydrogen) atoms. The Labute approximate surface area is 259 Å². The minimum atomic E-state index is -1.27. The number of carbonyl (C=O) groups excluding carboxylic acids is 2. The number of amides is 1. The van der Waals surface area contributed by atoms with E-state index >= 15 is 0 Å². The molecule has 0 saturated heterocycles. The van der Waals surface area contributed by atoms with Crippen molar-refractivity contribution < 1.29 is 33.6 Å². The topological polar surface area (TPSA) is 72.5 Å². The van der Waals surface area contributed by atoms with Gasteiger partial charge in [-0.15, -0.1) is 0 Å². The first kappa shape index (κ1) is 32.1. The third kappa shape index (κ3) is 8.77. The molecule has 0 aliphatic carbocycles. The van der Waals surface area contributed by atoms with Crippen LogP contribution in [0, 0.1) is 13.8 Å². The van der Waals surface area contributed by atoms with E-state index in [-0.39, 0.29) is 18.9 Å². The van der Waals surface area contributed by atoms with Crippen LogP contribution in [0.5, 0.6) is 0 Å². The van der Waals surface area contributed by atoms with Gasteiger partial charge in [0.05, 0.1) is 12.0 Å². The van der Waals surface area contributed by atoms with Crippen LogP contribution in [0.15, 0.2) is 97.1 Å². The van der Waals surface area contributed by atoms with Crippen LogP contribution in [0.2, 0.25) is 0 Å². The maximum Gasteiger partial charge on any atom is 1.00 e. The van der Waals surface area contributed by atoms with Crippen LogP contribution in [0.3, 0.4) is 0 Å². The minimum absolute atomic E-state index is 0. The number of carbonyl (C=O) groups is 2. The number of nitrogens with zero attached hydrogens (tertiary/aromatic N) is 1. The van der Waals surface area contributed by atoms with Crippen molar-refractivity contribution in [2.75, 3.05) is 16.9 Å². The first-order valence-corrected chi connectivity index (χ1v) is 14.8. The second-order valence-corrected chi connectivity index (χ2v) is 11.0. The zero-order valence-electron chi connectivity index (χ0n) is 24.2. The normalized spacial score (nSPS) is 11.3. The average molecular weight is 559 g/mol. The molecule has 4 aromatic carbocycles. The van der Waals surface area contributed by atoms with E-state index < -0.39 is 17.9 Å². The first-order chi connectivity index (χ1) is 19.4. The molecule has 5 nitrogen and oxygen atoms in total. The maximum atomic E-state index is 13.4. The van der Waals surface area contributed by atoms with Gasteiger partial charge < -0.3 is 20.1 Å². The van der Waals surface area contributed by atoms with Gasteiger partial charge in [0.25, 0.3) is 5.91 Å². The van der Waals surface area contributed by atoms with E-state index in [1.165, 1.54) is 22.9 Å². The monoisotopic (exact) mass is 558 g/mol. The van der Waals surface area contributed by atoms with Gasteiger partial charge in [0.15, 0.2) is 0 Å². The fourth-order valence-electron chi connectivity index (χ4n) is 4.79. The number of anilines is 1. The van der Waals surface area contributed by atoms with E-state index in [1.54, 1.807) is 0 Å². The van der Waals surface area contributed by atoms with Crippen molar-refractivity contribution in [3.63, 3.8) is 0 Å². The van der Waals surface area contributed by atoms with E-state index in [4.69, 9.17) is 0 Å². The summed E-state index contributed by atoms with van der Waals surface area (Å²) in [7, 11) is 0. The van der Waals surface area contributed by atoms with Crippen molar-refractivity contribution in [3.8, 4) is 11.1 Å². The molecule has 1 atom stereocenters. The number of hydrogen-bond donors (Lipinski definition) is 1. The molecule has 0 spiro atoms. The fourth-order valence-corrected chi connectivity index (χ4v) is 5.27. The van der Waals surface area contributed by atoms with Crippen LogP contribution in [0.1, 0.15) is 39.0 Å². The predicted molar refractivity (Wildman–Crippen MR) is 163 cm³/mol. The van der Waals surface area contributed by atoms with Crippen LogP contribution in [0.4, 0.5) is 5.69 Å². The third-order valence-corrected chi connectivity index (χ3v) is 7.56. The van der Waals surface area contributed by atoms with Crippen LogP contribution >= 0.6 is 11.8 Å². The van der Waals surface area contributed by atoms with Crippen molar-refractivity contribution >= 4 is 29.3 Å². The van der Waals surface area contributed by atoms with Gasteiger partial charge in [-0.25, -0.2) is 0 Å². The van der Waals surface area contributed by atoms with Gasteiger partial charge in [-0.3, -0.25) is 4.79 Å². The summed E-state index contributed by atoms with van der Waals surface area (Å²) in [5, 5.41) is 14.4. The number of rotatable bonds is 12. The second-order valence-electron chi connectivity index (χ2n) is 10.0. The van der Waals surface area contributed by atoms with Gasteiger partial charge in [-0.2, -0.15) is 11.8 Å². The van der Waals surface area contributed by atoms with Crippen molar-refractivity contribution in [1.82, 2.24) is 5.32 Å². The Morgan fingerprint density at radius 1 is 0.829 bits per heavy atom. The number of carboxylic acids is 1. The zero-order valence-corrected chi connectivity index (χ0v) is 25.0. The summed E-state index contributed by atoms with van der Waals surface area (Å²) in [6.45, 7) is 5.47. The SMILES string of the molecule is CSCCC(NC(=O)c1ccc(CN(Cc2ccccc2)c2cccc(C)c2)cc1-c1ccccc1C)C(=O)[O-].[Li+]. The smallest absolute Gasteiger partial charge is 0.548 e. The summed E-state index contributed by atoms with van der Waals surface area (Å²) in [4.78, 5) is 27.5. The molecule has 4 aromatic rings. The standard InChI is InChI=1S/C34H36N2O3S.Li/c1-24-10-9-14-28(20-24)36(22-26-12-5-4-6-13-26)23-27-16-17-30(31(21-27)29-15-8-7-11-25(29)2)33(37)35-32(34(38)39)18-19-40-3;/h4-17,20-21,32H,18-19,22-23H2,1-3H3,(H,35,37)(H,38,39);/q;+1/p-1. The number of aliphatic carboxylic acids is 1. The number of aryl methyl sites for hydroxylation is 2. The van der Waals surface area contributed by atoms with Gasteiger partial charge in [0.2, 0.25) is 0 Å². The summed E-state index contributed by atoms with van der Waals surface area (Å²) in [5.41, 5.74) is 7.75. The molecular weight excluding hydrogens is 523 g/mol. The predicted octanol–water partition coefficient (Wildman–Crippen LogP) is 2.78. The maximum absolute atomic E-state index is 13.4. The third-order valence-electron chi connectivity index (χ3n) is 6.92. The molecule has 1 N–H and O–H groups in total. The number of hydrogen-bond acceptors (Lipinski definition) is 5. The Kier molecular flexibility index (Phi) is 12.2.